The minimum absolute atomic E-state index is 0.0370. The van der Waals surface area contributed by atoms with Gasteiger partial charge in [-0.1, -0.05) is 19.1 Å². The second kappa shape index (κ2) is 6.35. The van der Waals surface area contributed by atoms with Crippen LogP contribution >= 0.6 is 11.8 Å². The second-order valence-corrected chi connectivity index (χ2v) is 4.89. The van der Waals surface area contributed by atoms with Gasteiger partial charge in [0.05, 0.1) is 11.3 Å². The van der Waals surface area contributed by atoms with Crippen LogP contribution in [-0.4, -0.2) is 22.9 Å². The molecule has 0 aromatic heterocycles. The Bertz CT molecular complexity index is 418. The summed E-state index contributed by atoms with van der Waals surface area (Å²) in [6.07, 6.45) is 1.74. The molecular weight excluding hydrogens is 234 g/mol. The summed E-state index contributed by atoms with van der Waals surface area (Å²) in [6.45, 7) is 7.61. The highest BCUT2D eigenvalue weighted by molar-refractivity contribution is 7.99. The molecule has 0 amide bonds. The highest BCUT2D eigenvalue weighted by atomic mass is 32.2. The van der Waals surface area contributed by atoms with Gasteiger partial charge in [0.2, 0.25) is 0 Å². The van der Waals surface area contributed by atoms with E-state index in [0.29, 0.717) is 11.3 Å². The van der Waals surface area contributed by atoms with Crippen LogP contribution in [-0.2, 0) is 0 Å². The smallest absolute Gasteiger partial charge is 0.338 e. The van der Waals surface area contributed by atoms with Crippen molar-refractivity contribution in [3.8, 4) is 0 Å². The highest BCUT2D eigenvalue weighted by Gasteiger charge is 2.15. The van der Waals surface area contributed by atoms with E-state index in [-0.39, 0.29) is 6.04 Å². The third-order valence-corrected chi connectivity index (χ3v) is 3.22. The lowest BCUT2D eigenvalue weighted by Gasteiger charge is -2.15. The van der Waals surface area contributed by atoms with E-state index in [1.807, 2.05) is 26.0 Å². The molecule has 1 aromatic carbocycles. The Labute approximate surface area is 106 Å². The first-order valence-corrected chi connectivity index (χ1v) is 6.46. The molecule has 1 rings (SSSR count). The summed E-state index contributed by atoms with van der Waals surface area (Å²) >= 11 is 1.53. The molecular formula is C13H17NO2S. The number of rotatable bonds is 6. The van der Waals surface area contributed by atoms with Gasteiger partial charge in [-0.05, 0) is 24.8 Å². The maximum atomic E-state index is 11.3. The van der Waals surface area contributed by atoms with E-state index in [4.69, 9.17) is 0 Å². The first-order valence-electron chi connectivity index (χ1n) is 5.48. The van der Waals surface area contributed by atoms with Gasteiger partial charge in [-0.25, -0.2) is 4.79 Å². The van der Waals surface area contributed by atoms with Crippen molar-refractivity contribution in [3.63, 3.8) is 0 Å². The number of carbonyl (C=O) groups is 1. The third-order valence-electron chi connectivity index (χ3n) is 2.28. The zero-order chi connectivity index (χ0) is 12.8. The molecule has 1 atom stereocenters. The Morgan fingerprint density at radius 1 is 1.65 bits per heavy atom. The molecule has 0 aliphatic heterocycles. The summed E-state index contributed by atoms with van der Waals surface area (Å²) in [5, 5.41) is 12.4. The minimum atomic E-state index is -0.902. The molecule has 0 saturated heterocycles. The van der Waals surface area contributed by atoms with Gasteiger partial charge < -0.3 is 10.4 Å². The van der Waals surface area contributed by atoms with Crippen molar-refractivity contribution < 1.29 is 9.90 Å². The van der Waals surface area contributed by atoms with Crippen molar-refractivity contribution in [2.24, 2.45) is 0 Å². The van der Waals surface area contributed by atoms with Crippen molar-refractivity contribution in [3.05, 3.63) is 36.4 Å². The number of hydrogen-bond acceptors (Lipinski definition) is 3. The van der Waals surface area contributed by atoms with Crippen LogP contribution < -0.4 is 5.32 Å². The topological polar surface area (TPSA) is 49.3 Å². The van der Waals surface area contributed by atoms with Crippen molar-refractivity contribution in [2.75, 3.05) is 11.1 Å². The van der Waals surface area contributed by atoms with Gasteiger partial charge >= 0.3 is 5.97 Å². The predicted molar refractivity (Wildman–Crippen MR) is 73.1 cm³/mol. The second-order valence-electron chi connectivity index (χ2n) is 3.59. The first-order chi connectivity index (χ1) is 8.10. The molecule has 1 aromatic rings. The maximum Gasteiger partial charge on any atom is 0.338 e. The van der Waals surface area contributed by atoms with E-state index in [9.17, 15) is 9.90 Å². The quantitative estimate of drug-likeness (QED) is 0.600. The number of nitrogens with one attached hydrogen (secondary N) is 1. The fourth-order valence-electron chi connectivity index (χ4n) is 1.45. The lowest BCUT2D eigenvalue weighted by molar-refractivity contribution is 0.0694. The fourth-order valence-corrected chi connectivity index (χ4v) is 2.28. The molecule has 0 fully saturated rings. The summed E-state index contributed by atoms with van der Waals surface area (Å²) in [6, 6.07) is 5.52. The van der Waals surface area contributed by atoms with Crippen LogP contribution in [0.5, 0.6) is 0 Å². The molecule has 0 aliphatic rings. The summed E-state index contributed by atoms with van der Waals surface area (Å²) in [5.41, 5.74) is 0.983. The van der Waals surface area contributed by atoms with Gasteiger partial charge in [-0.2, -0.15) is 0 Å². The lowest BCUT2D eigenvalue weighted by atomic mass is 10.1. The van der Waals surface area contributed by atoms with E-state index in [0.717, 1.165) is 10.6 Å². The summed E-state index contributed by atoms with van der Waals surface area (Å²) < 4.78 is 0. The summed E-state index contributed by atoms with van der Waals surface area (Å²) in [5.74, 6) is -0.0545. The normalized spacial score (nSPS) is 11.9. The number of benzene rings is 1. The molecule has 17 heavy (non-hydrogen) atoms. The fraction of sp³-hybridized carbons (Fsp3) is 0.308. The standard InChI is InChI=1S/C13H17NO2S/c1-4-9(3)14-10-7-6-8-11(17-5-2)12(10)13(15)16/h4,6-9,14H,1,5H2,2-3H3,(H,15,16). The van der Waals surface area contributed by atoms with Crippen molar-refractivity contribution in [1.82, 2.24) is 0 Å². The minimum Gasteiger partial charge on any atom is -0.478 e. The number of aromatic carboxylic acids is 1. The number of carboxylic acid groups (broad SMARTS) is 1. The van der Waals surface area contributed by atoms with E-state index < -0.39 is 5.97 Å². The van der Waals surface area contributed by atoms with Crippen LogP contribution in [0.15, 0.2) is 35.7 Å². The third kappa shape index (κ3) is 3.53. The number of thioether (sulfide) groups is 1. The van der Waals surface area contributed by atoms with E-state index in [1.54, 1.807) is 12.1 Å². The van der Waals surface area contributed by atoms with Crippen molar-refractivity contribution in [1.29, 1.82) is 0 Å². The molecule has 3 nitrogen and oxygen atoms in total. The average Bonchev–Trinajstić information content (AvgIpc) is 2.29. The van der Waals surface area contributed by atoms with Gasteiger partial charge in [0.15, 0.2) is 0 Å². The van der Waals surface area contributed by atoms with Crippen LogP contribution in [0.4, 0.5) is 5.69 Å². The van der Waals surface area contributed by atoms with E-state index >= 15 is 0 Å². The van der Waals surface area contributed by atoms with Gasteiger partial charge in [0.25, 0.3) is 0 Å². The Morgan fingerprint density at radius 2 is 2.35 bits per heavy atom. The van der Waals surface area contributed by atoms with Crippen LogP contribution in [0.1, 0.15) is 24.2 Å². The Hall–Kier alpha value is -1.42. The zero-order valence-corrected chi connectivity index (χ0v) is 10.9. The van der Waals surface area contributed by atoms with Gasteiger partial charge in [0, 0.05) is 10.9 Å². The van der Waals surface area contributed by atoms with Crippen molar-refractivity contribution >= 4 is 23.4 Å². The van der Waals surface area contributed by atoms with Crippen LogP contribution in [0.25, 0.3) is 0 Å². The van der Waals surface area contributed by atoms with Crippen LogP contribution in [0, 0.1) is 0 Å². The molecule has 0 spiro atoms. The first kappa shape index (κ1) is 13.6. The average molecular weight is 251 g/mol. The Morgan fingerprint density at radius 3 is 2.88 bits per heavy atom. The summed E-state index contributed by atoms with van der Waals surface area (Å²) in [4.78, 5) is 12.1. The van der Waals surface area contributed by atoms with Crippen LogP contribution in [0.2, 0.25) is 0 Å². The van der Waals surface area contributed by atoms with E-state index in [2.05, 4.69) is 11.9 Å². The molecule has 2 N–H and O–H groups in total. The highest BCUT2D eigenvalue weighted by Crippen LogP contribution is 2.29. The number of anilines is 1. The lowest BCUT2D eigenvalue weighted by Crippen LogP contribution is -2.15. The Kier molecular flexibility index (Phi) is 5.10. The SMILES string of the molecule is C=CC(C)Nc1cccc(SCC)c1C(=O)O. The predicted octanol–water partition coefficient (Wildman–Crippen LogP) is 3.48. The maximum absolute atomic E-state index is 11.3. The Balaban J connectivity index is 3.14. The molecule has 92 valence electrons. The van der Waals surface area contributed by atoms with Gasteiger partial charge in [0.1, 0.15) is 0 Å². The molecule has 0 aliphatic carbocycles. The molecule has 4 heteroatoms. The zero-order valence-electron chi connectivity index (χ0n) is 10.1. The molecule has 0 saturated carbocycles. The molecule has 0 heterocycles. The van der Waals surface area contributed by atoms with Crippen LogP contribution in [0.3, 0.4) is 0 Å². The van der Waals surface area contributed by atoms with Crippen molar-refractivity contribution in [2.45, 2.75) is 24.8 Å². The molecule has 0 radical (unpaired) electrons. The molecule has 0 bridgehead atoms. The number of carboxylic acids is 1. The monoisotopic (exact) mass is 251 g/mol. The van der Waals surface area contributed by atoms with E-state index in [1.165, 1.54) is 11.8 Å². The largest absolute Gasteiger partial charge is 0.478 e. The molecule has 1 unspecified atom stereocenters. The van der Waals surface area contributed by atoms with Gasteiger partial charge in [-0.3, -0.25) is 0 Å². The number of hydrogen-bond donors (Lipinski definition) is 2. The summed E-state index contributed by atoms with van der Waals surface area (Å²) in [7, 11) is 0. The van der Waals surface area contributed by atoms with Gasteiger partial charge in [-0.15, -0.1) is 18.3 Å².